The molecule has 0 aromatic carbocycles. The van der Waals surface area contributed by atoms with Crippen LogP contribution in [0.15, 0.2) is 5.16 Å². The van der Waals surface area contributed by atoms with Gasteiger partial charge < -0.3 is 14.4 Å². The number of rotatable bonds is 5. The third-order valence-electron chi connectivity index (χ3n) is 3.49. The standard InChI is InChI=1S/C12H17N3O3S/c1-7-4-8(5-18-7)11-13-14-12(19-6-10(16)17)15(11)9-2-3-9/h7-9H,2-6H2,1H3,(H,16,17). The van der Waals surface area contributed by atoms with Gasteiger partial charge in [0, 0.05) is 12.0 Å². The molecule has 19 heavy (non-hydrogen) atoms. The average molecular weight is 283 g/mol. The second-order valence-corrected chi connectivity index (χ2v) is 6.14. The Bertz CT molecular complexity index is 487. The summed E-state index contributed by atoms with van der Waals surface area (Å²) in [6.45, 7) is 2.76. The SMILES string of the molecule is CC1CC(c2nnc(SCC(=O)O)n2C2CC2)CO1. The molecule has 0 spiro atoms. The maximum Gasteiger partial charge on any atom is 0.313 e. The minimum atomic E-state index is -0.824. The van der Waals surface area contributed by atoms with Crippen molar-refractivity contribution in [2.24, 2.45) is 0 Å². The molecule has 3 rings (SSSR count). The molecule has 0 bridgehead atoms. The summed E-state index contributed by atoms with van der Waals surface area (Å²) in [5.74, 6) is 0.472. The predicted molar refractivity (Wildman–Crippen MR) is 69.4 cm³/mol. The summed E-state index contributed by atoms with van der Waals surface area (Å²) >= 11 is 1.25. The maximum atomic E-state index is 10.7. The van der Waals surface area contributed by atoms with E-state index in [1.165, 1.54) is 11.8 Å². The number of aromatic nitrogens is 3. The van der Waals surface area contributed by atoms with Crippen LogP contribution < -0.4 is 0 Å². The molecule has 0 radical (unpaired) electrons. The van der Waals surface area contributed by atoms with Crippen molar-refractivity contribution < 1.29 is 14.6 Å². The first-order valence-electron chi connectivity index (χ1n) is 6.56. The first-order valence-corrected chi connectivity index (χ1v) is 7.54. The summed E-state index contributed by atoms with van der Waals surface area (Å²) in [7, 11) is 0. The molecule has 2 fully saturated rings. The van der Waals surface area contributed by atoms with Crippen LogP contribution in [0.2, 0.25) is 0 Å². The summed E-state index contributed by atoms with van der Waals surface area (Å²) in [6.07, 6.45) is 3.50. The lowest BCUT2D eigenvalue weighted by Crippen LogP contribution is -2.10. The lowest BCUT2D eigenvalue weighted by Gasteiger charge is -2.11. The highest BCUT2D eigenvalue weighted by atomic mass is 32.2. The Balaban J connectivity index is 1.81. The van der Waals surface area contributed by atoms with Crippen molar-refractivity contribution in [1.82, 2.24) is 14.8 Å². The van der Waals surface area contributed by atoms with Crippen LogP contribution in [-0.4, -0.2) is 44.3 Å². The molecule has 1 aromatic heterocycles. The van der Waals surface area contributed by atoms with E-state index < -0.39 is 5.97 Å². The van der Waals surface area contributed by atoms with Crippen LogP contribution >= 0.6 is 11.8 Å². The second-order valence-electron chi connectivity index (χ2n) is 5.20. The van der Waals surface area contributed by atoms with E-state index in [1.807, 2.05) is 0 Å². The molecule has 2 aliphatic rings. The highest BCUT2D eigenvalue weighted by molar-refractivity contribution is 7.99. The van der Waals surface area contributed by atoms with Gasteiger partial charge in [0.15, 0.2) is 5.16 Å². The van der Waals surface area contributed by atoms with E-state index in [9.17, 15) is 4.79 Å². The zero-order valence-corrected chi connectivity index (χ0v) is 11.6. The van der Waals surface area contributed by atoms with Crippen LogP contribution in [0.25, 0.3) is 0 Å². The van der Waals surface area contributed by atoms with E-state index in [2.05, 4.69) is 21.7 Å². The highest BCUT2D eigenvalue weighted by Gasteiger charge is 2.35. The van der Waals surface area contributed by atoms with E-state index in [4.69, 9.17) is 9.84 Å². The van der Waals surface area contributed by atoms with Crippen molar-refractivity contribution in [3.05, 3.63) is 5.82 Å². The molecule has 1 aliphatic carbocycles. The van der Waals surface area contributed by atoms with Gasteiger partial charge in [0.1, 0.15) is 5.82 Å². The van der Waals surface area contributed by atoms with Gasteiger partial charge in [-0.15, -0.1) is 10.2 Å². The first-order chi connectivity index (χ1) is 9.15. The first kappa shape index (κ1) is 12.9. The molecule has 2 unspecified atom stereocenters. The number of thioether (sulfide) groups is 1. The number of aliphatic carboxylic acids is 1. The molecule has 1 saturated carbocycles. The smallest absolute Gasteiger partial charge is 0.313 e. The minimum absolute atomic E-state index is 0.0302. The summed E-state index contributed by atoms with van der Waals surface area (Å²) in [5.41, 5.74) is 0. The zero-order chi connectivity index (χ0) is 13.4. The topological polar surface area (TPSA) is 77.2 Å². The molecular formula is C12H17N3O3S. The van der Waals surface area contributed by atoms with Crippen LogP contribution in [0.1, 0.15) is 44.0 Å². The Morgan fingerprint density at radius 2 is 2.32 bits per heavy atom. The van der Waals surface area contributed by atoms with E-state index in [0.29, 0.717) is 18.6 Å². The lowest BCUT2D eigenvalue weighted by molar-refractivity contribution is -0.133. The van der Waals surface area contributed by atoms with Crippen molar-refractivity contribution in [2.75, 3.05) is 12.4 Å². The van der Waals surface area contributed by atoms with Gasteiger partial charge in [-0.25, -0.2) is 0 Å². The molecular weight excluding hydrogens is 266 g/mol. The van der Waals surface area contributed by atoms with Gasteiger partial charge in [-0.05, 0) is 26.2 Å². The number of carboxylic acids is 1. The Morgan fingerprint density at radius 3 is 2.89 bits per heavy atom. The largest absolute Gasteiger partial charge is 0.481 e. The van der Waals surface area contributed by atoms with E-state index in [-0.39, 0.29) is 11.9 Å². The summed E-state index contributed by atoms with van der Waals surface area (Å²) in [5, 5.41) is 18.0. The fourth-order valence-corrected chi connectivity index (χ4v) is 3.20. The van der Waals surface area contributed by atoms with E-state index in [0.717, 1.165) is 30.2 Å². The predicted octanol–water partition coefficient (Wildman–Crippen LogP) is 1.68. The minimum Gasteiger partial charge on any atom is -0.481 e. The Labute approximate surface area is 115 Å². The molecule has 1 aromatic rings. The van der Waals surface area contributed by atoms with Crippen molar-refractivity contribution in [3.8, 4) is 0 Å². The molecule has 1 saturated heterocycles. The van der Waals surface area contributed by atoms with Gasteiger partial charge in [-0.2, -0.15) is 0 Å². The quantitative estimate of drug-likeness (QED) is 0.828. The van der Waals surface area contributed by atoms with Gasteiger partial charge in [-0.3, -0.25) is 4.79 Å². The second kappa shape index (κ2) is 5.13. The Kier molecular flexibility index (Phi) is 3.49. The molecule has 0 amide bonds. The van der Waals surface area contributed by atoms with Crippen LogP contribution in [0.4, 0.5) is 0 Å². The molecule has 2 heterocycles. The lowest BCUT2D eigenvalue weighted by atomic mass is 10.1. The van der Waals surface area contributed by atoms with Gasteiger partial charge in [0.2, 0.25) is 0 Å². The Morgan fingerprint density at radius 1 is 1.53 bits per heavy atom. The summed E-state index contributed by atoms with van der Waals surface area (Å²) in [4.78, 5) is 10.7. The fourth-order valence-electron chi connectivity index (χ4n) is 2.46. The maximum absolute atomic E-state index is 10.7. The van der Waals surface area contributed by atoms with Gasteiger partial charge in [0.05, 0.1) is 18.5 Å². The highest BCUT2D eigenvalue weighted by Crippen LogP contribution is 2.41. The molecule has 7 heteroatoms. The number of nitrogens with zero attached hydrogens (tertiary/aromatic N) is 3. The number of carbonyl (C=O) groups is 1. The number of carboxylic acid groups (broad SMARTS) is 1. The van der Waals surface area contributed by atoms with Crippen LogP contribution in [-0.2, 0) is 9.53 Å². The molecule has 2 atom stereocenters. The van der Waals surface area contributed by atoms with Gasteiger partial charge >= 0.3 is 5.97 Å². The number of hydrogen-bond donors (Lipinski definition) is 1. The molecule has 6 nitrogen and oxygen atoms in total. The van der Waals surface area contributed by atoms with Crippen LogP contribution in [0.3, 0.4) is 0 Å². The van der Waals surface area contributed by atoms with Crippen LogP contribution in [0.5, 0.6) is 0 Å². The number of hydrogen-bond acceptors (Lipinski definition) is 5. The van der Waals surface area contributed by atoms with E-state index in [1.54, 1.807) is 0 Å². The monoisotopic (exact) mass is 283 g/mol. The van der Waals surface area contributed by atoms with Crippen molar-refractivity contribution >= 4 is 17.7 Å². The zero-order valence-electron chi connectivity index (χ0n) is 10.8. The molecule has 1 N–H and O–H groups in total. The third-order valence-corrected chi connectivity index (χ3v) is 4.42. The molecule has 104 valence electrons. The van der Waals surface area contributed by atoms with E-state index >= 15 is 0 Å². The number of ether oxygens (including phenoxy) is 1. The fraction of sp³-hybridized carbons (Fsp3) is 0.750. The normalized spacial score (nSPS) is 26.8. The van der Waals surface area contributed by atoms with Gasteiger partial charge in [0.25, 0.3) is 0 Å². The summed E-state index contributed by atoms with van der Waals surface area (Å²) < 4.78 is 7.74. The van der Waals surface area contributed by atoms with Crippen molar-refractivity contribution in [1.29, 1.82) is 0 Å². The van der Waals surface area contributed by atoms with Crippen LogP contribution in [0, 0.1) is 0 Å². The average Bonchev–Trinajstić information content (AvgIpc) is 2.97. The Hall–Kier alpha value is -1.08. The third kappa shape index (κ3) is 2.76. The molecule has 1 aliphatic heterocycles. The van der Waals surface area contributed by atoms with Crippen molar-refractivity contribution in [3.63, 3.8) is 0 Å². The van der Waals surface area contributed by atoms with Gasteiger partial charge in [-0.1, -0.05) is 11.8 Å². The summed E-state index contributed by atoms with van der Waals surface area (Å²) in [6, 6.07) is 0.456. The van der Waals surface area contributed by atoms with Crippen molar-refractivity contribution in [2.45, 2.75) is 49.4 Å².